The summed E-state index contributed by atoms with van der Waals surface area (Å²) in [6, 6.07) is 3.83. The Kier molecular flexibility index (Phi) is 10.2. The Labute approximate surface area is 149 Å². The summed E-state index contributed by atoms with van der Waals surface area (Å²) in [7, 11) is -3.55. The Hall–Kier alpha value is -0.440. The van der Waals surface area contributed by atoms with Crippen molar-refractivity contribution in [3.63, 3.8) is 0 Å². The van der Waals surface area contributed by atoms with Gasteiger partial charge in [-0.15, -0.1) is 24.8 Å². The summed E-state index contributed by atoms with van der Waals surface area (Å²) in [4.78, 5) is 2.43. The van der Waals surface area contributed by atoms with Crippen LogP contribution in [0.3, 0.4) is 0 Å². The Morgan fingerprint density at radius 3 is 2.52 bits per heavy atom. The zero-order chi connectivity index (χ0) is 15.3. The molecule has 0 saturated carbocycles. The molecule has 1 saturated heterocycles. The van der Waals surface area contributed by atoms with E-state index in [1.54, 1.807) is 6.92 Å². The number of hydrogen-bond donors (Lipinski definition) is 2. The molecule has 0 bridgehead atoms. The average Bonchev–Trinajstić information content (AvgIpc) is 2.47. The van der Waals surface area contributed by atoms with Crippen molar-refractivity contribution in [1.82, 2.24) is 14.9 Å². The minimum absolute atomic E-state index is 0. The van der Waals surface area contributed by atoms with Crippen molar-refractivity contribution in [2.45, 2.75) is 18.2 Å². The van der Waals surface area contributed by atoms with Gasteiger partial charge < -0.3 is 10.2 Å². The van der Waals surface area contributed by atoms with Crippen molar-refractivity contribution in [2.75, 3.05) is 39.3 Å². The molecule has 1 heterocycles. The van der Waals surface area contributed by atoms with Crippen LogP contribution >= 0.6 is 24.8 Å². The van der Waals surface area contributed by atoms with Crippen molar-refractivity contribution < 1.29 is 12.8 Å². The summed E-state index contributed by atoms with van der Waals surface area (Å²) in [6.45, 7) is 6.81. The van der Waals surface area contributed by atoms with E-state index in [1.165, 1.54) is 18.2 Å². The fourth-order valence-corrected chi connectivity index (χ4v) is 3.47. The number of nitrogens with one attached hydrogen (secondary N) is 2. The third-order valence-electron chi connectivity index (χ3n) is 3.59. The lowest BCUT2D eigenvalue weighted by atomic mass is 10.2. The lowest BCUT2D eigenvalue weighted by molar-refractivity contribution is 0.239. The maximum absolute atomic E-state index is 13.2. The Morgan fingerprint density at radius 2 is 1.91 bits per heavy atom. The molecule has 2 rings (SSSR count). The molecule has 9 heteroatoms. The van der Waals surface area contributed by atoms with Crippen LogP contribution in [0.1, 0.15) is 12.0 Å². The third kappa shape index (κ3) is 6.91. The molecule has 2 N–H and O–H groups in total. The highest BCUT2D eigenvalue weighted by molar-refractivity contribution is 7.89. The number of nitrogens with zero attached hydrogens (tertiary/aromatic N) is 1. The predicted molar refractivity (Wildman–Crippen MR) is 94.7 cm³/mol. The standard InChI is InChI=1S/C14H22FN3O2S.2ClH/c1-12-11-13(3-4-14(12)15)21(19,20)17-5-2-8-18-9-6-16-7-10-18;;/h3-4,11,16-17H,2,5-10H2,1H3;2*1H. The van der Waals surface area contributed by atoms with Crippen LogP contribution in [-0.2, 0) is 10.0 Å². The van der Waals surface area contributed by atoms with Gasteiger partial charge in [-0.05, 0) is 43.7 Å². The monoisotopic (exact) mass is 387 g/mol. The maximum atomic E-state index is 13.2. The number of aryl methyl sites for hydroxylation is 1. The van der Waals surface area contributed by atoms with E-state index in [2.05, 4.69) is 14.9 Å². The van der Waals surface area contributed by atoms with Gasteiger partial charge in [0.1, 0.15) is 5.82 Å². The molecule has 134 valence electrons. The van der Waals surface area contributed by atoms with E-state index in [4.69, 9.17) is 0 Å². The van der Waals surface area contributed by atoms with E-state index >= 15 is 0 Å². The van der Waals surface area contributed by atoms with Gasteiger partial charge in [0.15, 0.2) is 0 Å². The van der Waals surface area contributed by atoms with Crippen molar-refractivity contribution in [3.05, 3.63) is 29.6 Å². The van der Waals surface area contributed by atoms with Crippen LogP contribution in [0.4, 0.5) is 4.39 Å². The molecule has 0 radical (unpaired) electrons. The van der Waals surface area contributed by atoms with Crippen LogP contribution < -0.4 is 10.0 Å². The van der Waals surface area contributed by atoms with E-state index in [9.17, 15) is 12.8 Å². The number of piperazine rings is 1. The largest absolute Gasteiger partial charge is 0.314 e. The lowest BCUT2D eigenvalue weighted by Gasteiger charge is -2.27. The van der Waals surface area contributed by atoms with Crippen LogP contribution in [0.15, 0.2) is 23.1 Å². The van der Waals surface area contributed by atoms with E-state index in [1.807, 2.05) is 0 Å². The minimum atomic E-state index is -3.55. The van der Waals surface area contributed by atoms with Gasteiger partial charge in [0.25, 0.3) is 0 Å². The second kappa shape index (κ2) is 10.4. The van der Waals surface area contributed by atoms with Crippen LogP contribution in [0.25, 0.3) is 0 Å². The first-order valence-corrected chi connectivity index (χ1v) is 8.66. The van der Waals surface area contributed by atoms with Crippen molar-refractivity contribution in [2.24, 2.45) is 0 Å². The fourth-order valence-electron chi connectivity index (χ4n) is 2.31. The fraction of sp³-hybridized carbons (Fsp3) is 0.571. The first-order chi connectivity index (χ1) is 9.99. The van der Waals surface area contributed by atoms with E-state index in [0.717, 1.165) is 39.1 Å². The maximum Gasteiger partial charge on any atom is 0.240 e. The van der Waals surface area contributed by atoms with Gasteiger partial charge in [0.2, 0.25) is 10.0 Å². The van der Waals surface area contributed by atoms with Gasteiger partial charge in [-0.3, -0.25) is 0 Å². The molecule has 0 aromatic heterocycles. The van der Waals surface area contributed by atoms with E-state index in [-0.39, 0.29) is 29.7 Å². The molecule has 1 aromatic rings. The van der Waals surface area contributed by atoms with Crippen LogP contribution in [-0.4, -0.2) is 52.6 Å². The molecule has 1 aliphatic heterocycles. The molecule has 0 amide bonds. The smallest absolute Gasteiger partial charge is 0.240 e. The molecule has 5 nitrogen and oxygen atoms in total. The molecule has 0 atom stereocenters. The molecule has 0 unspecified atom stereocenters. The molecule has 0 aliphatic carbocycles. The molecule has 1 aromatic carbocycles. The van der Waals surface area contributed by atoms with Crippen molar-refractivity contribution in [1.29, 1.82) is 0 Å². The normalized spacial score (nSPS) is 15.6. The van der Waals surface area contributed by atoms with Gasteiger partial charge in [0.05, 0.1) is 4.90 Å². The van der Waals surface area contributed by atoms with Gasteiger partial charge >= 0.3 is 0 Å². The average molecular weight is 388 g/mol. The van der Waals surface area contributed by atoms with E-state index < -0.39 is 15.8 Å². The van der Waals surface area contributed by atoms with Gasteiger partial charge in [0, 0.05) is 32.7 Å². The number of sulfonamides is 1. The summed E-state index contributed by atoms with van der Waals surface area (Å²) in [5, 5.41) is 3.28. The highest BCUT2D eigenvalue weighted by Crippen LogP contribution is 2.14. The van der Waals surface area contributed by atoms with Gasteiger partial charge in [-0.25, -0.2) is 17.5 Å². The highest BCUT2D eigenvalue weighted by Gasteiger charge is 2.15. The zero-order valence-corrected chi connectivity index (χ0v) is 15.5. The van der Waals surface area contributed by atoms with Crippen molar-refractivity contribution in [3.8, 4) is 0 Å². The SMILES string of the molecule is Cc1cc(S(=O)(=O)NCCCN2CCNCC2)ccc1F.Cl.Cl. The predicted octanol–water partition coefficient (Wildman–Crippen LogP) is 1.55. The zero-order valence-electron chi connectivity index (χ0n) is 13.0. The first-order valence-electron chi connectivity index (χ1n) is 7.18. The van der Waals surface area contributed by atoms with Crippen LogP contribution in [0.2, 0.25) is 0 Å². The van der Waals surface area contributed by atoms with Gasteiger partial charge in [-0.2, -0.15) is 0 Å². The summed E-state index contributed by atoms with van der Waals surface area (Å²) in [5.74, 6) is -0.396. The Morgan fingerprint density at radius 1 is 1.26 bits per heavy atom. The van der Waals surface area contributed by atoms with E-state index in [0.29, 0.717) is 12.1 Å². The molecule has 23 heavy (non-hydrogen) atoms. The molecule has 0 spiro atoms. The highest BCUT2D eigenvalue weighted by atomic mass is 35.5. The summed E-state index contributed by atoms with van der Waals surface area (Å²) >= 11 is 0. The summed E-state index contributed by atoms with van der Waals surface area (Å²) < 4.78 is 39.9. The summed E-state index contributed by atoms with van der Waals surface area (Å²) in [6.07, 6.45) is 0.763. The van der Waals surface area contributed by atoms with Gasteiger partial charge in [-0.1, -0.05) is 0 Å². The molecular weight excluding hydrogens is 364 g/mol. The lowest BCUT2D eigenvalue weighted by Crippen LogP contribution is -2.44. The molecule has 1 aliphatic rings. The quantitative estimate of drug-likeness (QED) is 0.726. The number of rotatable bonds is 6. The second-order valence-corrected chi connectivity index (χ2v) is 7.02. The third-order valence-corrected chi connectivity index (χ3v) is 5.05. The molecule has 1 fully saturated rings. The Bertz CT molecular complexity index is 581. The number of hydrogen-bond acceptors (Lipinski definition) is 4. The molecular formula is C14H24Cl2FN3O2S. The number of halogens is 3. The topological polar surface area (TPSA) is 61.4 Å². The second-order valence-electron chi connectivity index (χ2n) is 5.25. The number of benzene rings is 1. The van der Waals surface area contributed by atoms with Crippen molar-refractivity contribution >= 4 is 34.8 Å². The van der Waals surface area contributed by atoms with Crippen LogP contribution in [0, 0.1) is 12.7 Å². The summed E-state index contributed by atoms with van der Waals surface area (Å²) in [5.41, 5.74) is 0.332. The Balaban J connectivity index is 0.00000242. The minimum Gasteiger partial charge on any atom is -0.314 e. The first kappa shape index (κ1) is 22.6. The van der Waals surface area contributed by atoms with Crippen LogP contribution in [0.5, 0.6) is 0 Å².